The van der Waals surface area contributed by atoms with Gasteiger partial charge in [0.15, 0.2) is 0 Å². The van der Waals surface area contributed by atoms with Crippen LogP contribution in [0.1, 0.15) is 31.2 Å². The Morgan fingerprint density at radius 3 is 2.89 bits per heavy atom. The Morgan fingerprint density at radius 1 is 1.26 bits per heavy atom. The van der Waals surface area contributed by atoms with Gasteiger partial charge in [0.1, 0.15) is 0 Å². The third-order valence-electron chi connectivity index (χ3n) is 5.32. The van der Waals surface area contributed by atoms with E-state index in [1.165, 1.54) is 24.8 Å². The fourth-order valence-corrected chi connectivity index (χ4v) is 4.40. The Bertz CT molecular complexity index is 540. The standard InChI is InChI=1S/C16H20N2O/c17-13-3-4-15-12(9-13)5-6-18(15)16(19)14-8-10-1-2-11(14)7-10/h3-4,9-11,14H,1-2,5-8,17H2. The van der Waals surface area contributed by atoms with Crippen LogP contribution in [-0.2, 0) is 11.2 Å². The molecule has 2 aliphatic carbocycles. The molecule has 3 unspecified atom stereocenters. The van der Waals surface area contributed by atoms with Crippen LogP contribution in [0.2, 0.25) is 0 Å². The van der Waals surface area contributed by atoms with Gasteiger partial charge in [-0.15, -0.1) is 0 Å². The molecule has 3 heteroatoms. The first-order valence-electron chi connectivity index (χ1n) is 7.42. The monoisotopic (exact) mass is 256 g/mol. The highest BCUT2D eigenvalue weighted by Gasteiger charge is 2.45. The highest BCUT2D eigenvalue weighted by Crippen LogP contribution is 2.49. The maximum atomic E-state index is 12.8. The number of benzene rings is 1. The number of amides is 1. The zero-order valence-corrected chi connectivity index (χ0v) is 11.1. The summed E-state index contributed by atoms with van der Waals surface area (Å²) in [6.45, 7) is 0.839. The lowest BCUT2D eigenvalue weighted by atomic mass is 9.88. The van der Waals surface area contributed by atoms with Gasteiger partial charge in [-0.2, -0.15) is 0 Å². The lowest BCUT2D eigenvalue weighted by molar-refractivity contribution is -0.123. The van der Waals surface area contributed by atoms with Gasteiger partial charge in [0, 0.05) is 23.8 Å². The van der Waals surface area contributed by atoms with Crippen LogP contribution in [-0.4, -0.2) is 12.5 Å². The van der Waals surface area contributed by atoms with Gasteiger partial charge in [0.05, 0.1) is 0 Å². The van der Waals surface area contributed by atoms with Crippen molar-refractivity contribution in [3.05, 3.63) is 23.8 Å². The van der Waals surface area contributed by atoms with Gasteiger partial charge in [-0.05, 0) is 61.3 Å². The molecule has 0 saturated heterocycles. The molecule has 2 N–H and O–H groups in total. The molecule has 1 amide bonds. The third kappa shape index (κ3) is 1.67. The Kier molecular flexibility index (Phi) is 2.38. The Morgan fingerprint density at radius 2 is 2.16 bits per heavy atom. The van der Waals surface area contributed by atoms with Crippen molar-refractivity contribution in [2.24, 2.45) is 17.8 Å². The average molecular weight is 256 g/mol. The number of rotatable bonds is 1. The van der Waals surface area contributed by atoms with E-state index in [4.69, 9.17) is 5.73 Å². The summed E-state index contributed by atoms with van der Waals surface area (Å²) in [7, 11) is 0. The molecule has 100 valence electrons. The second-order valence-electron chi connectivity index (χ2n) is 6.41. The highest BCUT2D eigenvalue weighted by molar-refractivity contribution is 5.97. The molecular formula is C16H20N2O. The number of anilines is 2. The van der Waals surface area contributed by atoms with Crippen LogP contribution in [0.4, 0.5) is 11.4 Å². The van der Waals surface area contributed by atoms with Crippen molar-refractivity contribution < 1.29 is 4.79 Å². The smallest absolute Gasteiger partial charge is 0.230 e. The van der Waals surface area contributed by atoms with Crippen LogP contribution in [0.15, 0.2) is 18.2 Å². The third-order valence-corrected chi connectivity index (χ3v) is 5.32. The summed E-state index contributed by atoms with van der Waals surface area (Å²) in [4.78, 5) is 14.8. The van der Waals surface area contributed by atoms with E-state index >= 15 is 0 Å². The van der Waals surface area contributed by atoms with Crippen LogP contribution < -0.4 is 10.6 Å². The molecule has 1 aromatic carbocycles. The number of carbonyl (C=O) groups is 1. The molecule has 1 aromatic rings. The van der Waals surface area contributed by atoms with E-state index < -0.39 is 0 Å². The summed E-state index contributed by atoms with van der Waals surface area (Å²) in [6, 6.07) is 5.94. The summed E-state index contributed by atoms with van der Waals surface area (Å²) in [5, 5.41) is 0. The zero-order chi connectivity index (χ0) is 13.0. The predicted molar refractivity (Wildman–Crippen MR) is 75.8 cm³/mol. The fourth-order valence-electron chi connectivity index (χ4n) is 4.40. The highest BCUT2D eigenvalue weighted by atomic mass is 16.2. The minimum Gasteiger partial charge on any atom is -0.399 e. The van der Waals surface area contributed by atoms with Crippen molar-refractivity contribution in [1.82, 2.24) is 0 Å². The first-order chi connectivity index (χ1) is 9.22. The number of hydrogen-bond donors (Lipinski definition) is 1. The first kappa shape index (κ1) is 11.3. The van der Waals surface area contributed by atoms with E-state index in [0.717, 1.165) is 36.7 Å². The summed E-state index contributed by atoms with van der Waals surface area (Å²) < 4.78 is 0. The maximum Gasteiger partial charge on any atom is 0.230 e. The van der Waals surface area contributed by atoms with Crippen LogP contribution >= 0.6 is 0 Å². The number of hydrogen-bond acceptors (Lipinski definition) is 2. The minimum atomic E-state index is 0.294. The van der Waals surface area contributed by atoms with Gasteiger partial charge < -0.3 is 10.6 Å². The maximum absolute atomic E-state index is 12.8. The molecule has 2 fully saturated rings. The molecule has 19 heavy (non-hydrogen) atoms. The molecule has 3 aliphatic rings. The summed E-state index contributed by atoms with van der Waals surface area (Å²) >= 11 is 0. The van der Waals surface area contributed by atoms with Gasteiger partial charge in [0.2, 0.25) is 5.91 Å². The normalized spacial score (nSPS) is 31.8. The molecule has 2 saturated carbocycles. The SMILES string of the molecule is Nc1ccc2c(c1)CCN2C(=O)C1CC2CCC1C2. The second kappa shape index (κ2) is 3.99. The molecule has 0 aromatic heterocycles. The molecule has 2 bridgehead atoms. The zero-order valence-electron chi connectivity index (χ0n) is 11.1. The number of carbonyl (C=O) groups excluding carboxylic acids is 1. The van der Waals surface area contributed by atoms with Gasteiger partial charge in [-0.25, -0.2) is 0 Å². The molecular weight excluding hydrogens is 236 g/mol. The van der Waals surface area contributed by atoms with E-state index in [1.54, 1.807) is 0 Å². The number of nitrogens with zero attached hydrogens (tertiary/aromatic N) is 1. The molecule has 0 spiro atoms. The van der Waals surface area contributed by atoms with Gasteiger partial charge in [0.25, 0.3) is 0 Å². The molecule has 4 rings (SSSR count). The lowest BCUT2D eigenvalue weighted by Crippen LogP contribution is -2.37. The second-order valence-corrected chi connectivity index (χ2v) is 6.41. The van der Waals surface area contributed by atoms with Crippen molar-refractivity contribution in [1.29, 1.82) is 0 Å². The van der Waals surface area contributed by atoms with E-state index in [2.05, 4.69) is 0 Å². The minimum absolute atomic E-state index is 0.294. The van der Waals surface area contributed by atoms with Crippen LogP contribution in [0.3, 0.4) is 0 Å². The van der Waals surface area contributed by atoms with E-state index in [0.29, 0.717) is 17.7 Å². The molecule has 3 atom stereocenters. The fraction of sp³-hybridized carbons (Fsp3) is 0.562. The summed E-state index contributed by atoms with van der Waals surface area (Å²) in [5.74, 6) is 2.15. The Hall–Kier alpha value is -1.51. The predicted octanol–water partition coefficient (Wildman–Crippen LogP) is 2.59. The molecule has 1 aliphatic heterocycles. The van der Waals surface area contributed by atoms with Crippen LogP contribution in [0.25, 0.3) is 0 Å². The van der Waals surface area contributed by atoms with E-state index in [9.17, 15) is 4.79 Å². The van der Waals surface area contributed by atoms with Crippen LogP contribution in [0, 0.1) is 17.8 Å². The van der Waals surface area contributed by atoms with Crippen LogP contribution in [0.5, 0.6) is 0 Å². The number of nitrogen functional groups attached to an aromatic ring is 1. The van der Waals surface area contributed by atoms with E-state index in [-0.39, 0.29) is 0 Å². The van der Waals surface area contributed by atoms with Gasteiger partial charge in [-0.3, -0.25) is 4.79 Å². The van der Waals surface area contributed by atoms with Crippen molar-refractivity contribution in [2.45, 2.75) is 32.1 Å². The van der Waals surface area contributed by atoms with Gasteiger partial charge >= 0.3 is 0 Å². The van der Waals surface area contributed by atoms with Crippen molar-refractivity contribution in [3.8, 4) is 0 Å². The summed E-state index contributed by atoms with van der Waals surface area (Å²) in [5.41, 5.74) is 8.95. The number of nitrogens with two attached hydrogens (primary N) is 1. The Labute approximate surface area is 113 Å². The average Bonchev–Trinajstić information content (AvgIpc) is 3.11. The van der Waals surface area contributed by atoms with Gasteiger partial charge in [-0.1, -0.05) is 6.42 Å². The summed E-state index contributed by atoms with van der Waals surface area (Å²) in [6.07, 6.45) is 5.99. The molecule has 0 radical (unpaired) electrons. The Balaban J connectivity index is 1.60. The lowest BCUT2D eigenvalue weighted by Gasteiger charge is -2.26. The number of fused-ring (bicyclic) bond motifs is 3. The molecule has 3 nitrogen and oxygen atoms in total. The topological polar surface area (TPSA) is 46.3 Å². The van der Waals surface area contributed by atoms with E-state index in [1.807, 2.05) is 23.1 Å². The van der Waals surface area contributed by atoms with Crippen molar-refractivity contribution in [2.75, 3.05) is 17.2 Å². The molecule has 1 heterocycles. The quantitative estimate of drug-likeness (QED) is 0.785. The van der Waals surface area contributed by atoms with Crippen molar-refractivity contribution >= 4 is 17.3 Å². The largest absolute Gasteiger partial charge is 0.399 e. The van der Waals surface area contributed by atoms with Crippen molar-refractivity contribution in [3.63, 3.8) is 0 Å². The first-order valence-corrected chi connectivity index (χ1v) is 7.42.